The first-order valence-electron chi connectivity index (χ1n) is 7.27. The van der Waals surface area contributed by atoms with Crippen LogP contribution in [0.5, 0.6) is 0 Å². The van der Waals surface area contributed by atoms with Gasteiger partial charge in [-0.25, -0.2) is 4.39 Å². The maximum atomic E-state index is 13.8. The number of rotatable bonds is 5. The number of hydrogen-bond donors (Lipinski definition) is 2. The predicted molar refractivity (Wildman–Crippen MR) is 83.7 cm³/mol. The van der Waals surface area contributed by atoms with E-state index in [0.29, 0.717) is 11.5 Å². The first-order chi connectivity index (χ1) is 10.0. The van der Waals surface area contributed by atoms with Gasteiger partial charge in [-0.1, -0.05) is 56.3 Å². The molecular weight excluding hydrogens is 265 g/mol. The van der Waals surface area contributed by atoms with Gasteiger partial charge in [0.25, 0.3) is 0 Å². The van der Waals surface area contributed by atoms with Crippen LogP contribution in [0.2, 0.25) is 0 Å². The maximum Gasteiger partial charge on any atom is 0.129 e. The molecule has 21 heavy (non-hydrogen) atoms. The molecule has 2 unspecified atom stereocenters. The summed E-state index contributed by atoms with van der Waals surface area (Å²) in [5.41, 5.74) is 8.26. The largest absolute Gasteiger partial charge is 0.388 e. The average molecular weight is 287 g/mol. The third kappa shape index (κ3) is 3.49. The van der Waals surface area contributed by atoms with Crippen LogP contribution in [0.1, 0.15) is 48.5 Å². The van der Waals surface area contributed by atoms with Gasteiger partial charge >= 0.3 is 0 Å². The van der Waals surface area contributed by atoms with E-state index in [0.717, 1.165) is 5.56 Å². The van der Waals surface area contributed by atoms with E-state index in [2.05, 4.69) is 13.8 Å². The van der Waals surface area contributed by atoms with E-state index >= 15 is 0 Å². The molecule has 0 spiro atoms. The molecule has 2 aromatic carbocycles. The molecule has 2 nitrogen and oxygen atoms in total. The van der Waals surface area contributed by atoms with Gasteiger partial charge in [0.2, 0.25) is 0 Å². The summed E-state index contributed by atoms with van der Waals surface area (Å²) in [7, 11) is 0. The Kier molecular flexibility index (Phi) is 5.10. The predicted octanol–water partition coefficient (Wildman–Crippen LogP) is 3.73. The minimum absolute atomic E-state index is 0.260. The van der Waals surface area contributed by atoms with Gasteiger partial charge in [0.05, 0.1) is 6.10 Å². The molecule has 3 heteroatoms. The van der Waals surface area contributed by atoms with Crippen molar-refractivity contribution in [2.45, 2.75) is 31.8 Å². The monoisotopic (exact) mass is 287 g/mol. The Hall–Kier alpha value is -1.71. The second-order valence-corrected chi connectivity index (χ2v) is 5.63. The molecule has 0 aliphatic heterocycles. The Labute approximate surface area is 125 Å². The van der Waals surface area contributed by atoms with Crippen LogP contribution in [0.25, 0.3) is 0 Å². The van der Waals surface area contributed by atoms with E-state index in [1.807, 2.05) is 24.3 Å². The number of benzene rings is 2. The Balaban J connectivity index is 2.29. The number of hydrogen-bond acceptors (Lipinski definition) is 2. The topological polar surface area (TPSA) is 46.2 Å². The lowest BCUT2D eigenvalue weighted by atomic mass is 9.88. The first-order valence-corrected chi connectivity index (χ1v) is 7.27. The summed E-state index contributed by atoms with van der Waals surface area (Å²) in [6.07, 6.45) is -0.943. The second-order valence-electron chi connectivity index (χ2n) is 5.63. The third-order valence-corrected chi connectivity index (χ3v) is 3.89. The van der Waals surface area contributed by atoms with Gasteiger partial charge in [0, 0.05) is 18.0 Å². The summed E-state index contributed by atoms with van der Waals surface area (Å²) < 4.78 is 13.8. The van der Waals surface area contributed by atoms with Crippen molar-refractivity contribution >= 4 is 0 Å². The quantitative estimate of drug-likeness (QED) is 0.880. The molecule has 0 heterocycles. The van der Waals surface area contributed by atoms with Crippen molar-refractivity contribution < 1.29 is 9.50 Å². The van der Waals surface area contributed by atoms with E-state index in [9.17, 15) is 9.50 Å². The van der Waals surface area contributed by atoms with Gasteiger partial charge in [-0.2, -0.15) is 0 Å². The maximum absolute atomic E-state index is 13.8. The molecule has 0 bridgehead atoms. The fourth-order valence-electron chi connectivity index (χ4n) is 2.51. The van der Waals surface area contributed by atoms with E-state index in [-0.39, 0.29) is 12.5 Å². The standard InChI is InChI=1S/C18H22FNO/c1-12(2)13-7-9-14(10-8-13)16(11-20)18(21)15-5-3-4-6-17(15)19/h3-10,12,16,18,21H,11,20H2,1-2H3. The van der Waals surface area contributed by atoms with Gasteiger partial charge in [0.15, 0.2) is 0 Å². The normalized spacial score (nSPS) is 14.2. The average Bonchev–Trinajstić information content (AvgIpc) is 2.49. The SMILES string of the molecule is CC(C)c1ccc(C(CN)C(O)c2ccccc2F)cc1. The van der Waals surface area contributed by atoms with Crippen molar-refractivity contribution in [2.24, 2.45) is 5.73 Å². The molecule has 2 rings (SSSR count). The Morgan fingerprint density at radius 1 is 1.00 bits per heavy atom. The fraction of sp³-hybridized carbons (Fsp3) is 0.333. The molecule has 2 aromatic rings. The Morgan fingerprint density at radius 2 is 1.57 bits per heavy atom. The van der Waals surface area contributed by atoms with E-state index in [4.69, 9.17) is 5.73 Å². The molecular formula is C18H22FNO. The number of aliphatic hydroxyl groups is 1. The minimum Gasteiger partial charge on any atom is -0.388 e. The zero-order chi connectivity index (χ0) is 15.4. The van der Waals surface area contributed by atoms with Crippen LogP contribution < -0.4 is 5.73 Å². The Bertz CT molecular complexity index is 580. The number of aliphatic hydroxyl groups excluding tert-OH is 1. The molecule has 0 saturated carbocycles. The van der Waals surface area contributed by atoms with E-state index in [1.165, 1.54) is 11.6 Å². The summed E-state index contributed by atoms with van der Waals surface area (Å²) >= 11 is 0. The summed E-state index contributed by atoms with van der Waals surface area (Å²) in [6.45, 7) is 4.52. The van der Waals surface area contributed by atoms with Crippen LogP contribution in [0.4, 0.5) is 4.39 Å². The zero-order valence-corrected chi connectivity index (χ0v) is 12.5. The molecule has 0 aromatic heterocycles. The molecule has 112 valence electrons. The van der Waals surface area contributed by atoms with Gasteiger partial charge in [-0.3, -0.25) is 0 Å². The van der Waals surface area contributed by atoms with Gasteiger partial charge < -0.3 is 10.8 Å². The molecule has 3 N–H and O–H groups in total. The molecule has 0 radical (unpaired) electrons. The van der Waals surface area contributed by atoms with Crippen LogP contribution in [0.3, 0.4) is 0 Å². The van der Waals surface area contributed by atoms with Crippen LogP contribution in [0, 0.1) is 5.82 Å². The number of halogens is 1. The minimum atomic E-state index is -0.943. The van der Waals surface area contributed by atoms with Crippen molar-refractivity contribution in [3.63, 3.8) is 0 Å². The summed E-state index contributed by atoms with van der Waals surface area (Å²) in [6, 6.07) is 14.3. The lowest BCUT2D eigenvalue weighted by molar-refractivity contribution is 0.143. The van der Waals surface area contributed by atoms with Crippen molar-refractivity contribution in [1.29, 1.82) is 0 Å². The van der Waals surface area contributed by atoms with Crippen LogP contribution in [0.15, 0.2) is 48.5 Å². The highest BCUT2D eigenvalue weighted by molar-refractivity contribution is 5.31. The van der Waals surface area contributed by atoms with Crippen molar-refractivity contribution in [1.82, 2.24) is 0 Å². The molecule has 2 atom stereocenters. The summed E-state index contributed by atoms with van der Waals surface area (Å²) in [5, 5.41) is 10.5. The lowest BCUT2D eigenvalue weighted by Gasteiger charge is -2.23. The lowest BCUT2D eigenvalue weighted by Crippen LogP contribution is -2.21. The number of nitrogens with two attached hydrogens (primary N) is 1. The Morgan fingerprint density at radius 3 is 2.10 bits per heavy atom. The van der Waals surface area contributed by atoms with Crippen molar-refractivity contribution in [3.8, 4) is 0 Å². The highest BCUT2D eigenvalue weighted by Gasteiger charge is 2.23. The molecule has 0 aliphatic carbocycles. The van der Waals surface area contributed by atoms with Crippen LogP contribution in [-0.2, 0) is 0 Å². The fourth-order valence-corrected chi connectivity index (χ4v) is 2.51. The van der Waals surface area contributed by atoms with Gasteiger partial charge in [0.1, 0.15) is 5.82 Å². The zero-order valence-electron chi connectivity index (χ0n) is 12.5. The van der Waals surface area contributed by atoms with E-state index < -0.39 is 11.9 Å². The molecule has 0 fully saturated rings. The molecule has 0 aliphatic rings. The third-order valence-electron chi connectivity index (χ3n) is 3.89. The van der Waals surface area contributed by atoms with Crippen molar-refractivity contribution in [2.75, 3.05) is 6.54 Å². The summed E-state index contributed by atoms with van der Waals surface area (Å²) in [4.78, 5) is 0. The van der Waals surface area contributed by atoms with Gasteiger partial charge in [-0.05, 0) is 23.1 Å². The van der Waals surface area contributed by atoms with Gasteiger partial charge in [-0.15, -0.1) is 0 Å². The summed E-state index contributed by atoms with van der Waals surface area (Å²) in [5.74, 6) is -0.266. The first kappa shape index (κ1) is 15.7. The van der Waals surface area contributed by atoms with Crippen molar-refractivity contribution in [3.05, 3.63) is 71.0 Å². The molecule has 0 saturated heterocycles. The highest BCUT2D eigenvalue weighted by atomic mass is 19.1. The second kappa shape index (κ2) is 6.83. The van der Waals surface area contributed by atoms with E-state index in [1.54, 1.807) is 18.2 Å². The van der Waals surface area contributed by atoms with Crippen LogP contribution in [-0.4, -0.2) is 11.7 Å². The van der Waals surface area contributed by atoms with Crippen LogP contribution >= 0.6 is 0 Å². The highest BCUT2D eigenvalue weighted by Crippen LogP contribution is 2.32. The molecule has 0 amide bonds. The smallest absolute Gasteiger partial charge is 0.129 e.